The highest BCUT2D eigenvalue weighted by Gasteiger charge is 2.25. The molecular formula is C29H29F2N5O3. The molecule has 1 aliphatic rings. The number of pyridine rings is 1. The van der Waals surface area contributed by atoms with E-state index in [0.717, 1.165) is 17.2 Å². The number of para-hydroxylation sites is 1. The summed E-state index contributed by atoms with van der Waals surface area (Å²) in [4.78, 5) is 34.0. The molecule has 8 nitrogen and oxygen atoms in total. The highest BCUT2D eigenvalue weighted by molar-refractivity contribution is 5.94. The lowest BCUT2D eigenvalue weighted by Crippen LogP contribution is -2.48. The van der Waals surface area contributed by atoms with Gasteiger partial charge < -0.3 is 20.2 Å². The van der Waals surface area contributed by atoms with Gasteiger partial charge in [0.05, 0.1) is 22.9 Å². The fraction of sp³-hybridized carbons (Fsp3) is 0.276. The van der Waals surface area contributed by atoms with Crippen molar-refractivity contribution in [2.24, 2.45) is 0 Å². The lowest BCUT2D eigenvalue weighted by molar-refractivity contribution is 0.0698. The highest BCUT2D eigenvalue weighted by atomic mass is 19.1. The van der Waals surface area contributed by atoms with Gasteiger partial charge in [0.15, 0.2) is 0 Å². The van der Waals surface area contributed by atoms with E-state index in [2.05, 4.69) is 5.32 Å². The lowest BCUT2D eigenvalue weighted by Gasteiger charge is -2.37. The second kappa shape index (κ2) is 10.4. The Morgan fingerprint density at radius 3 is 2.41 bits per heavy atom. The molecule has 2 N–H and O–H groups in total. The van der Waals surface area contributed by atoms with Crippen molar-refractivity contribution < 1.29 is 18.7 Å². The number of carbonyl (C=O) groups is 1. The molecule has 0 bridgehead atoms. The van der Waals surface area contributed by atoms with E-state index in [1.165, 1.54) is 22.6 Å². The van der Waals surface area contributed by atoms with Gasteiger partial charge in [0.25, 0.3) is 5.56 Å². The Labute approximate surface area is 224 Å². The first-order valence-corrected chi connectivity index (χ1v) is 12.7. The number of halogens is 2. The van der Waals surface area contributed by atoms with Crippen LogP contribution in [-0.4, -0.2) is 46.6 Å². The van der Waals surface area contributed by atoms with Crippen molar-refractivity contribution in [3.8, 4) is 0 Å². The average molecular weight is 534 g/mol. The average Bonchev–Trinajstić information content (AvgIpc) is 2.91. The molecule has 0 amide bonds. The molecule has 3 heterocycles. The van der Waals surface area contributed by atoms with E-state index in [1.807, 2.05) is 29.7 Å². The fourth-order valence-electron chi connectivity index (χ4n) is 5.11. The molecule has 1 saturated heterocycles. The van der Waals surface area contributed by atoms with Crippen LogP contribution in [0.2, 0.25) is 0 Å². The standard InChI is InChI=1S/C29H29F2N5O3/c1-17-14-22(19(3)32-24-7-5-4-6-21(24)29(38)39)27-33-26(18(2)28(37)36(27)16-17)35-12-10-34(11-13-35)25-9-8-20(30)15-23(25)31/h4-9,14-16,19,32H,10-13H2,1-3H3,(H,38,39). The topological polar surface area (TPSA) is 90.2 Å². The van der Waals surface area contributed by atoms with Crippen molar-refractivity contribution in [1.29, 1.82) is 0 Å². The van der Waals surface area contributed by atoms with Gasteiger partial charge in [-0.25, -0.2) is 18.6 Å². The van der Waals surface area contributed by atoms with E-state index in [-0.39, 0.29) is 17.2 Å². The Bertz CT molecular complexity index is 1630. The summed E-state index contributed by atoms with van der Waals surface area (Å²) in [6.45, 7) is 7.50. The number of piperazine rings is 1. The molecule has 1 atom stereocenters. The number of hydrogen-bond acceptors (Lipinski definition) is 6. The Hall–Kier alpha value is -4.47. The summed E-state index contributed by atoms with van der Waals surface area (Å²) >= 11 is 0. The molecule has 39 heavy (non-hydrogen) atoms. The number of nitrogens with one attached hydrogen (secondary N) is 1. The molecular weight excluding hydrogens is 504 g/mol. The van der Waals surface area contributed by atoms with Crippen molar-refractivity contribution in [1.82, 2.24) is 9.38 Å². The van der Waals surface area contributed by atoms with Crippen LogP contribution in [0.25, 0.3) is 5.65 Å². The van der Waals surface area contributed by atoms with Crippen molar-refractivity contribution in [3.05, 3.63) is 99.0 Å². The number of aromatic carboxylic acids is 1. The molecule has 1 aliphatic heterocycles. The zero-order valence-electron chi connectivity index (χ0n) is 21.9. The molecule has 0 saturated carbocycles. The first kappa shape index (κ1) is 26.1. The van der Waals surface area contributed by atoms with E-state index >= 15 is 0 Å². The summed E-state index contributed by atoms with van der Waals surface area (Å²) in [6.07, 6.45) is 1.75. The van der Waals surface area contributed by atoms with Crippen LogP contribution in [-0.2, 0) is 0 Å². The number of carboxylic acids is 1. The smallest absolute Gasteiger partial charge is 0.337 e. The minimum Gasteiger partial charge on any atom is -0.478 e. The molecule has 0 radical (unpaired) electrons. The first-order valence-electron chi connectivity index (χ1n) is 12.7. The summed E-state index contributed by atoms with van der Waals surface area (Å²) in [5.41, 5.74) is 3.37. The van der Waals surface area contributed by atoms with E-state index in [9.17, 15) is 23.5 Å². The zero-order valence-corrected chi connectivity index (χ0v) is 21.9. The second-order valence-electron chi connectivity index (χ2n) is 9.82. The number of hydrogen-bond donors (Lipinski definition) is 2. The molecule has 4 aromatic rings. The van der Waals surface area contributed by atoms with E-state index < -0.39 is 17.6 Å². The molecule has 202 valence electrons. The predicted molar refractivity (Wildman–Crippen MR) is 147 cm³/mol. The molecule has 2 aromatic carbocycles. The molecule has 1 unspecified atom stereocenters. The number of benzene rings is 2. The van der Waals surface area contributed by atoms with Gasteiger partial charge in [0, 0.05) is 49.7 Å². The number of anilines is 3. The summed E-state index contributed by atoms with van der Waals surface area (Å²) in [5.74, 6) is -1.70. The maximum Gasteiger partial charge on any atom is 0.337 e. The largest absolute Gasteiger partial charge is 0.478 e. The lowest BCUT2D eigenvalue weighted by atomic mass is 10.1. The maximum atomic E-state index is 14.3. The molecule has 1 fully saturated rings. The third-order valence-corrected chi connectivity index (χ3v) is 7.11. The number of nitrogens with zero attached hydrogens (tertiary/aromatic N) is 4. The van der Waals surface area contributed by atoms with E-state index in [4.69, 9.17) is 4.98 Å². The summed E-state index contributed by atoms with van der Waals surface area (Å²) < 4.78 is 29.2. The molecule has 10 heteroatoms. The minimum atomic E-state index is -1.04. The third-order valence-electron chi connectivity index (χ3n) is 7.11. The van der Waals surface area contributed by atoms with Crippen molar-refractivity contribution in [2.45, 2.75) is 26.8 Å². The van der Waals surface area contributed by atoms with Crippen molar-refractivity contribution in [3.63, 3.8) is 0 Å². The van der Waals surface area contributed by atoms with Crippen LogP contribution in [0.3, 0.4) is 0 Å². The Balaban J connectivity index is 1.48. The van der Waals surface area contributed by atoms with Gasteiger partial charge in [0.2, 0.25) is 0 Å². The molecule has 0 spiro atoms. The Morgan fingerprint density at radius 2 is 1.72 bits per heavy atom. The van der Waals surface area contributed by atoms with Crippen LogP contribution < -0.4 is 20.7 Å². The van der Waals surface area contributed by atoms with E-state index in [0.29, 0.717) is 54.6 Å². The number of fused-ring (bicyclic) bond motifs is 1. The van der Waals surface area contributed by atoms with Crippen molar-refractivity contribution >= 4 is 28.8 Å². The van der Waals surface area contributed by atoms with Gasteiger partial charge in [0.1, 0.15) is 23.1 Å². The predicted octanol–water partition coefficient (Wildman–Crippen LogP) is 4.79. The van der Waals surface area contributed by atoms with Crippen LogP contribution in [0.5, 0.6) is 0 Å². The second-order valence-corrected chi connectivity index (χ2v) is 9.82. The van der Waals surface area contributed by atoms with Crippen molar-refractivity contribution in [2.75, 3.05) is 41.3 Å². The van der Waals surface area contributed by atoms with Gasteiger partial charge in [-0.2, -0.15) is 0 Å². The number of aromatic nitrogens is 2. The van der Waals surface area contributed by atoms with Crippen LogP contribution in [0.15, 0.2) is 59.5 Å². The van der Waals surface area contributed by atoms with Gasteiger partial charge in [-0.3, -0.25) is 9.20 Å². The highest BCUT2D eigenvalue weighted by Crippen LogP contribution is 2.28. The van der Waals surface area contributed by atoms with Gasteiger partial charge >= 0.3 is 5.97 Å². The van der Waals surface area contributed by atoms with Crippen LogP contribution in [0.1, 0.15) is 40.0 Å². The number of aryl methyl sites for hydroxylation is 1. The first-order chi connectivity index (χ1) is 18.6. The van der Waals surface area contributed by atoms with Crippen LogP contribution in [0.4, 0.5) is 26.0 Å². The third kappa shape index (κ3) is 5.01. The molecule has 0 aliphatic carbocycles. The maximum absolute atomic E-state index is 14.3. The molecule has 2 aromatic heterocycles. The summed E-state index contributed by atoms with van der Waals surface area (Å²) in [6, 6.07) is 11.8. The number of carboxylic acid groups (broad SMARTS) is 1. The number of rotatable bonds is 6. The summed E-state index contributed by atoms with van der Waals surface area (Å²) in [7, 11) is 0. The minimum absolute atomic E-state index is 0.151. The summed E-state index contributed by atoms with van der Waals surface area (Å²) in [5, 5.41) is 12.9. The Kier molecular flexibility index (Phi) is 6.94. The normalized spacial score (nSPS) is 14.5. The monoisotopic (exact) mass is 533 g/mol. The van der Waals surface area contributed by atoms with Gasteiger partial charge in [-0.15, -0.1) is 0 Å². The fourth-order valence-corrected chi connectivity index (χ4v) is 5.11. The quantitative estimate of drug-likeness (QED) is 0.368. The van der Waals surface area contributed by atoms with E-state index in [1.54, 1.807) is 31.3 Å². The van der Waals surface area contributed by atoms with Gasteiger partial charge in [-0.1, -0.05) is 12.1 Å². The zero-order chi connectivity index (χ0) is 27.8. The molecule has 5 rings (SSSR count). The van der Waals surface area contributed by atoms with Crippen LogP contribution in [0, 0.1) is 25.5 Å². The van der Waals surface area contributed by atoms with Crippen LogP contribution >= 0.6 is 0 Å². The Morgan fingerprint density at radius 1 is 1.03 bits per heavy atom. The SMILES string of the molecule is Cc1cc(C(C)Nc2ccccc2C(=O)O)c2nc(N3CCN(c4ccc(F)cc4F)CC3)c(C)c(=O)n2c1. The van der Waals surface area contributed by atoms with Gasteiger partial charge in [-0.05, 0) is 56.7 Å².